The molecule has 0 amide bonds. The smallest absolute Gasteiger partial charge is 0.178 e. The largest absolute Gasteiger partial charge is 0.488 e. The first-order valence-electron chi connectivity index (χ1n) is 3.93. The average Bonchev–Trinajstić information content (AvgIpc) is 2.04. The first-order valence-corrected chi connectivity index (χ1v) is 4.31. The summed E-state index contributed by atoms with van der Waals surface area (Å²) in [5, 5.41) is 0.442. The Kier molecular flexibility index (Phi) is 1.89. The molecule has 1 aliphatic heterocycles. The van der Waals surface area contributed by atoms with Crippen molar-refractivity contribution < 1.29 is 4.74 Å². The molecule has 1 aliphatic rings. The summed E-state index contributed by atoms with van der Waals surface area (Å²) in [5.41, 5.74) is 0.943. The van der Waals surface area contributed by atoms with Gasteiger partial charge in [-0.15, -0.1) is 0 Å². The predicted molar refractivity (Wildman–Crippen MR) is 45.6 cm³/mol. The molecule has 0 fully saturated rings. The summed E-state index contributed by atoms with van der Waals surface area (Å²) >= 11 is 5.87. The summed E-state index contributed by atoms with van der Waals surface area (Å²) in [6.45, 7) is 2.56. The first-order chi connectivity index (χ1) is 5.77. The molecule has 64 valence electrons. The van der Waals surface area contributed by atoms with Crippen LogP contribution >= 0.6 is 11.6 Å². The number of hydrogen-bond acceptors (Lipinski definition) is 3. The maximum absolute atomic E-state index is 5.87. The van der Waals surface area contributed by atoms with Gasteiger partial charge in [0.1, 0.15) is 5.82 Å². The van der Waals surface area contributed by atoms with E-state index in [9.17, 15) is 0 Å². The summed E-state index contributed by atoms with van der Waals surface area (Å²) in [5.74, 6) is 1.39. The molecule has 2 rings (SSSR count). The van der Waals surface area contributed by atoms with Crippen LogP contribution in [-0.4, -0.2) is 16.6 Å². The van der Waals surface area contributed by atoms with E-state index in [4.69, 9.17) is 16.3 Å². The molecule has 1 aromatic rings. The van der Waals surface area contributed by atoms with Gasteiger partial charge in [-0.2, -0.15) is 0 Å². The minimum absolute atomic E-state index is 0.442. The fourth-order valence-electron chi connectivity index (χ4n) is 1.31. The van der Waals surface area contributed by atoms with Crippen molar-refractivity contribution in [2.75, 3.05) is 6.61 Å². The van der Waals surface area contributed by atoms with Gasteiger partial charge in [-0.05, 0) is 19.8 Å². The van der Waals surface area contributed by atoms with E-state index in [0.29, 0.717) is 16.7 Å². The zero-order valence-corrected chi connectivity index (χ0v) is 7.56. The van der Waals surface area contributed by atoms with E-state index in [0.717, 1.165) is 25.1 Å². The molecule has 0 atom stereocenters. The van der Waals surface area contributed by atoms with Gasteiger partial charge in [0.05, 0.1) is 12.3 Å². The van der Waals surface area contributed by atoms with Crippen LogP contribution in [-0.2, 0) is 6.42 Å². The molecular weight excluding hydrogens is 176 g/mol. The highest BCUT2D eigenvalue weighted by atomic mass is 35.5. The molecule has 1 aromatic heterocycles. The fraction of sp³-hybridized carbons (Fsp3) is 0.500. The van der Waals surface area contributed by atoms with Gasteiger partial charge in [-0.25, -0.2) is 9.97 Å². The minimum atomic E-state index is 0.442. The molecule has 4 heteroatoms. The van der Waals surface area contributed by atoms with Crippen molar-refractivity contribution in [1.29, 1.82) is 0 Å². The molecular formula is C8H9ClN2O. The molecule has 0 radical (unpaired) electrons. The maximum Gasteiger partial charge on any atom is 0.178 e. The molecule has 3 nitrogen and oxygen atoms in total. The number of ether oxygens (including phenoxy) is 1. The second-order valence-corrected chi connectivity index (χ2v) is 3.15. The lowest BCUT2D eigenvalue weighted by Gasteiger charge is -2.16. The molecule has 0 aliphatic carbocycles. The lowest BCUT2D eigenvalue weighted by Crippen LogP contribution is -2.12. The highest BCUT2D eigenvalue weighted by Crippen LogP contribution is 2.29. The van der Waals surface area contributed by atoms with Crippen LogP contribution in [0.25, 0.3) is 0 Å². The van der Waals surface area contributed by atoms with Gasteiger partial charge in [0, 0.05) is 0 Å². The number of nitrogens with zero attached hydrogens (tertiary/aromatic N) is 2. The summed E-state index contributed by atoms with van der Waals surface area (Å²) in [7, 11) is 0. The van der Waals surface area contributed by atoms with Gasteiger partial charge < -0.3 is 4.74 Å². The van der Waals surface area contributed by atoms with E-state index >= 15 is 0 Å². The molecule has 12 heavy (non-hydrogen) atoms. The second kappa shape index (κ2) is 2.90. The SMILES string of the molecule is Cc1nc(Cl)c2c(n1)CCCO2. The molecule has 0 aromatic carbocycles. The second-order valence-electron chi connectivity index (χ2n) is 2.79. The first kappa shape index (κ1) is 7.80. The van der Waals surface area contributed by atoms with Crippen LogP contribution in [0.2, 0.25) is 5.15 Å². The highest BCUT2D eigenvalue weighted by molar-refractivity contribution is 6.30. The Labute approximate surface area is 75.7 Å². The van der Waals surface area contributed by atoms with E-state index in [1.807, 2.05) is 6.92 Å². The van der Waals surface area contributed by atoms with E-state index in [-0.39, 0.29) is 0 Å². The van der Waals surface area contributed by atoms with Crippen molar-refractivity contribution in [1.82, 2.24) is 9.97 Å². The fourth-order valence-corrected chi connectivity index (χ4v) is 1.60. The zero-order valence-electron chi connectivity index (χ0n) is 6.80. The van der Waals surface area contributed by atoms with Crippen LogP contribution in [0.1, 0.15) is 17.9 Å². The lowest BCUT2D eigenvalue weighted by atomic mass is 10.2. The molecule has 0 unspecified atom stereocenters. The van der Waals surface area contributed by atoms with Crippen LogP contribution in [0, 0.1) is 6.92 Å². The van der Waals surface area contributed by atoms with Crippen molar-refractivity contribution >= 4 is 11.6 Å². The standard InChI is InChI=1S/C8H9ClN2O/c1-5-10-6-3-2-4-12-7(6)8(9)11-5/h2-4H2,1H3. The van der Waals surface area contributed by atoms with Crippen LogP contribution in [0.3, 0.4) is 0 Å². The molecule has 0 bridgehead atoms. The Morgan fingerprint density at radius 1 is 1.42 bits per heavy atom. The minimum Gasteiger partial charge on any atom is -0.488 e. The van der Waals surface area contributed by atoms with E-state index < -0.39 is 0 Å². The van der Waals surface area contributed by atoms with Crippen molar-refractivity contribution in [3.8, 4) is 5.75 Å². The van der Waals surface area contributed by atoms with Gasteiger partial charge in [-0.3, -0.25) is 0 Å². The highest BCUT2D eigenvalue weighted by Gasteiger charge is 2.16. The van der Waals surface area contributed by atoms with Crippen molar-refractivity contribution in [3.63, 3.8) is 0 Å². The van der Waals surface area contributed by atoms with Crippen molar-refractivity contribution in [2.45, 2.75) is 19.8 Å². The number of rotatable bonds is 0. The third-order valence-electron chi connectivity index (χ3n) is 1.81. The van der Waals surface area contributed by atoms with Gasteiger partial charge >= 0.3 is 0 Å². The van der Waals surface area contributed by atoms with Crippen LogP contribution in [0.15, 0.2) is 0 Å². The molecule has 0 saturated carbocycles. The van der Waals surface area contributed by atoms with Gasteiger partial charge in [0.2, 0.25) is 0 Å². The predicted octanol–water partition coefficient (Wildman–Crippen LogP) is 1.76. The normalized spacial score (nSPS) is 15.2. The van der Waals surface area contributed by atoms with Crippen LogP contribution < -0.4 is 4.74 Å². The average molecular weight is 185 g/mol. The third-order valence-corrected chi connectivity index (χ3v) is 2.07. The van der Waals surface area contributed by atoms with Gasteiger partial charge in [0.25, 0.3) is 0 Å². The van der Waals surface area contributed by atoms with Gasteiger partial charge in [-0.1, -0.05) is 11.6 Å². The Morgan fingerprint density at radius 2 is 2.25 bits per heavy atom. The molecule has 0 saturated heterocycles. The zero-order chi connectivity index (χ0) is 8.55. The molecule has 0 spiro atoms. The number of fused-ring (bicyclic) bond motifs is 1. The van der Waals surface area contributed by atoms with E-state index in [2.05, 4.69) is 9.97 Å². The third kappa shape index (κ3) is 1.25. The monoisotopic (exact) mass is 184 g/mol. The summed E-state index contributed by atoms with van der Waals surface area (Å²) in [6.07, 6.45) is 1.96. The summed E-state index contributed by atoms with van der Waals surface area (Å²) in [6, 6.07) is 0. The summed E-state index contributed by atoms with van der Waals surface area (Å²) in [4.78, 5) is 8.27. The van der Waals surface area contributed by atoms with Crippen molar-refractivity contribution in [2.24, 2.45) is 0 Å². The Balaban J connectivity index is 2.53. The Hall–Kier alpha value is -0.830. The number of halogens is 1. The Bertz CT molecular complexity index is 314. The van der Waals surface area contributed by atoms with Crippen molar-refractivity contribution in [3.05, 3.63) is 16.7 Å². The number of aryl methyl sites for hydroxylation is 2. The number of hydrogen-bond donors (Lipinski definition) is 0. The van der Waals surface area contributed by atoms with Gasteiger partial charge in [0.15, 0.2) is 10.9 Å². The quantitative estimate of drug-likeness (QED) is 0.577. The van der Waals surface area contributed by atoms with Crippen LogP contribution in [0.5, 0.6) is 5.75 Å². The summed E-state index contributed by atoms with van der Waals surface area (Å²) < 4.78 is 5.35. The van der Waals surface area contributed by atoms with E-state index in [1.165, 1.54) is 0 Å². The maximum atomic E-state index is 5.87. The van der Waals surface area contributed by atoms with Crippen LogP contribution in [0.4, 0.5) is 0 Å². The molecule has 0 N–H and O–H groups in total. The Morgan fingerprint density at radius 3 is 3.08 bits per heavy atom. The van der Waals surface area contributed by atoms with E-state index in [1.54, 1.807) is 0 Å². The number of aromatic nitrogens is 2. The topological polar surface area (TPSA) is 35.0 Å². The molecule has 2 heterocycles. The lowest BCUT2D eigenvalue weighted by molar-refractivity contribution is 0.283.